The van der Waals surface area contributed by atoms with Gasteiger partial charge < -0.3 is 0 Å². The highest BCUT2D eigenvalue weighted by Crippen LogP contribution is 2.17. The van der Waals surface area contributed by atoms with Crippen LogP contribution in [-0.2, 0) is 0 Å². The highest BCUT2D eigenvalue weighted by Gasteiger charge is 2.24. The van der Waals surface area contributed by atoms with Gasteiger partial charge in [0.2, 0.25) is 0 Å². The molecule has 2 heteroatoms. The van der Waals surface area contributed by atoms with Crippen LogP contribution in [-0.4, -0.2) is 13.9 Å². The summed E-state index contributed by atoms with van der Waals surface area (Å²) in [6, 6.07) is 9.35. The van der Waals surface area contributed by atoms with Crippen molar-refractivity contribution in [2.75, 3.05) is 0 Å². The normalized spacial score (nSPS) is 11.1. The van der Waals surface area contributed by atoms with Gasteiger partial charge in [0.15, 0.2) is 5.78 Å². The number of hydrogen-bond acceptors (Lipinski definition) is 1. The van der Waals surface area contributed by atoms with Gasteiger partial charge in [-0.3, -0.25) is 4.79 Å². The summed E-state index contributed by atoms with van der Waals surface area (Å²) < 4.78 is 0. The highest BCUT2D eigenvalue weighted by atomic mass is 28.3. The molecule has 0 aliphatic carbocycles. The fourth-order valence-corrected chi connectivity index (χ4v) is 1.93. The van der Waals surface area contributed by atoms with E-state index in [0.717, 1.165) is 10.8 Å². The van der Waals surface area contributed by atoms with Gasteiger partial charge in [-0.1, -0.05) is 56.6 Å². The van der Waals surface area contributed by atoms with Crippen LogP contribution < -0.4 is 0 Å². The van der Waals surface area contributed by atoms with Gasteiger partial charge in [-0.25, -0.2) is 0 Å². The van der Waals surface area contributed by atoms with Crippen LogP contribution >= 0.6 is 0 Å². The molecule has 0 unspecified atom stereocenters. The van der Waals surface area contributed by atoms with E-state index in [2.05, 4.69) is 26.2 Å². The lowest BCUT2D eigenvalue weighted by atomic mass is 10.1. The summed E-state index contributed by atoms with van der Waals surface area (Å²) in [7, 11) is -1.55. The van der Waals surface area contributed by atoms with Gasteiger partial charge in [-0.2, -0.15) is 0 Å². The molecule has 0 aliphatic heterocycles. The minimum atomic E-state index is -1.55. The van der Waals surface area contributed by atoms with Crippen LogP contribution in [0.15, 0.2) is 42.1 Å². The number of ketones is 1. The molecule has 0 saturated carbocycles. The van der Waals surface area contributed by atoms with Gasteiger partial charge in [-0.15, -0.1) is 0 Å². The summed E-state index contributed by atoms with van der Waals surface area (Å²) in [5, 5.41) is 0.795. The van der Waals surface area contributed by atoms with Gasteiger partial charge in [0, 0.05) is 5.56 Å². The Morgan fingerprint density at radius 1 is 1.14 bits per heavy atom. The molecule has 0 radical (unpaired) electrons. The highest BCUT2D eigenvalue weighted by molar-refractivity contribution is 6.87. The number of rotatable bonds is 3. The van der Waals surface area contributed by atoms with Gasteiger partial charge in [-0.05, 0) is 5.20 Å². The number of benzene rings is 1. The molecule has 0 bridgehead atoms. The maximum Gasteiger partial charge on any atom is 0.184 e. The molecule has 1 nitrogen and oxygen atoms in total. The zero-order valence-electron chi connectivity index (χ0n) is 9.00. The summed E-state index contributed by atoms with van der Waals surface area (Å²) in [5.74, 6) is 0.102. The Kier molecular flexibility index (Phi) is 3.06. The molecule has 0 saturated heterocycles. The molecule has 0 heterocycles. The largest absolute Gasteiger partial charge is 0.289 e. The molecule has 1 aromatic carbocycles. The van der Waals surface area contributed by atoms with E-state index in [1.807, 2.05) is 30.3 Å². The standard InChI is InChI=1S/C12H16OSi/c1-10(14(2,3)4)12(13)11-8-6-5-7-9-11/h5-9H,1H2,2-4H3. The zero-order chi connectivity index (χ0) is 10.8. The van der Waals surface area contributed by atoms with Crippen LogP contribution in [0.3, 0.4) is 0 Å². The Hall–Kier alpha value is -1.15. The van der Waals surface area contributed by atoms with Crippen LogP contribution in [0.5, 0.6) is 0 Å². The van der Waals surface area contributed by atoms with E-state index < -0.39 is 8.07 Å². The van der Waals surface area contributed by atoms with E-state index in [1.54, 1.807) is 0 Å². The Morgan fingerprint density at radius 3 is 2.07 bits per heavy atom. The van der Waals surface area contributed by atoms with Crippen molar-refractivity contribution in [3.63, 3.8) is 0 Å². The molecule has 0 spiro atoms. The Labute approximate surface area is 86.5 Å². The molecular formula is C12H16OSi. The third-order valence-electron chi connectivity index (χ3n) is 2.22. The number of allylic oxidation sites excluding steroid dienone is 1. The summed E-state index contributed by atoms with van der Waals surface area (Å²) in [6.07, 6.45) is 0. The Balaban J connectivity index is 2.93. The predicted octanol–water partition coefficient (Wildman–Crippen LogP) is 3.30. The van der Waals surface area contributed by atoms with Crippen LogP contribution in [0.25, 0.3) is 0 Å². The van der Waals surface area contributed by atoms with Crippen molar-refractivity contribution in [1.82, 2.24) is 0 Å². The lowest BCUT2D eigenvalue weighted by Crippen LogP contribution is -2.28. The average Bonchev–Trinajstić information content (AvgIpc) is 2.15. The topological polar surface area (TPSA) is 17.1 Å². The van der Waals surface area contributed by atoms with Gasteiger partial charge >= 0.3 is 0 Å². The molecule has 0 aliphatic rings. The van der Waals surface area contributed by atoms with Crippen molar-refractivity contribution in [3.05, 3.63) is 47.7 Å². The first-order chi connectivity index (χ1) is 6.43. The van der Waals surface area contributed by atoms with Crippen LogP contribution in [0.1, 0.15) is 10.4 Å². The molecule has 74 valence electrons. The summed E-state index contributed by atoms with van der Waals surface area (Å²) in [4.78, 5) is 11.9. The van der Waals surface area contributed by atoms with E-state index in [1.165, 1.54) is 0 Å². The van der Waals surface area contributed by atoms with Crippen molar-refractivity contribution < 1.29 is 4.79 Å². The number of carbonyl (C=O) groups is 1. The third kappa shape index (κ3) is 2.42. The maximum absolute atomic E-state index is 11.9. The quantitative estimate of drug-likeness (QED) is 0.419. The average molecular weight is 204 g/mol. The minimum Gasteiger partial charge on any atom is -0.289 e. The summed E-state index contributed by atoms with van der Waals surface area (Å²) in [5.41, 5.74) is 0.750. The second-order valence-corrected chi connectivity index (χ2v) is 9.53. The molecular weight excluding hydrogens is 188 g/mol. The number of Topliss-reactive ketones (excluding diaryl/α,β-unsaturated/α-hetero) is 1. The molecule has 0 atom stereocenters. The second-order valence-electron chi connectivity index (χ2n) is 4.42. The fourth-order valence-electron chi connectivity index (χ4n) is 1.10. The summed E-state index contributed by atoms with van der Waals surface area (Å²) >= 11 is 0. The van der Waals surface area contributed by atoms with Crippen molar-refractivity contribution in [1.29, 1.82) is 0 Å². The van der Waals surface area contributed by atoms with Crippen molar-refractivity contribution in [2.24, 2.45) is 0 Å². The minimum absolute atomic E-state index is 0.102. The Morgan fingerprint density at radius 2 is 1.64 bits per heavy atom. The SMILES string of the molecule is C=C(C(=O)c1ccccc1)[Si](C)(C)C. The van der Waals surface area contributed by atoms with E-state index in [4.69, 9.17) is 0 Å². The summed E-state index contributed by atoms with van der Waals surface area (Å²) in [6.45, 7) is 10.3. The Bertz CT molecular complexity index is 346. The van der Waals surface area contributed by atoms with E-state index in [-0.39, 0.29) is 5.78 Å². The third-order valence-corrected chi connectivity index (χ3v) is 4.25. The van der Waals surface area contributed by atoms with Crippen molar-refractivity contribution in [2.45, 2.75) is 19.6 Å². The van der Waals surface area contributed by atoms with Crippen LogP contribution in [0.2, 0.25) is 19.6 Å². The lowest BCUT2D eigenvalue weighted by Gasteiger charge is -2.18. The molecule has 14 heavy (non-hydrogen) atoms. The van der Waals surface area contributed by atoms with Gasteiger partial charge in [0.1, 0.15) is 0 Å². The van der Waals surface area contributed by atoms with Crippen molar-refractivity contribution >= 4 is 13.9 Å². The molecule has 0 N–H and O–H groups in total. The predicted molar refractivity (Wildman–Crippen MR) is 63.3 cm³/mol. The van der Waals surface area contributed by atoms with E-state index >= 15 is 0 Å². The van der Waals surface area contributed by atoms with Gasteiger partial charge in [0.05, 0.1) is 8.07 Å². The molecule has 0 fully saturated rings. The molecule has 1 rings (SSSR count). The van der Waals surface area contributed by atoms with Gasteiger partial charge in [0.25, 0.3) is 0 Å². The first-order valence-corrected chi connectivity index (χ1v) is 8.22. The number of carbonyl (C=O) groups excluding carboxylic acids is 1. The fraction of sp³-hybridized carbons (Fsp3) is 0.250. The smallest absolute Gasteiger partial charge is 0.184 e. The van der Waals surface area contributed by atoms with Crippen LogP contribution in [0, 0.1) is 0 Å². The first kappa shape index (κ1) is 10.9. The molecule has 1 aromatic rings. The lowest BCUT2D eigenvalue weighted by molar-refractivity contribution is 0.104. The second kappa shape index (κ2) is 3.92. The number of hydrogen-bond donors (Lipinski definition) is 0. The molecule has 0 aromatic heterocycles. The van der Waals surface area contributed by atoms with Crippen molar-refractivity contribution in [3.8, 4) is 0 Å². The van der Waals surface area contributed by atoms with E-state index in [9.17, 15) is 4.79 Å². The monoisotopic (exact) mass is 204 g/mol. The molecule has 0 amide bonds. The maximum atomic E-state index is 11.9. The van der Waals surface area contributed by atoms with Crippen LogP contribution in [0.4, 0.5) is 0 Å². The van der Waals surface area contributed by atoms with E-state index in [0.29, 0.717) is 0 Å². The first-order valence-electron chi connectivity index (χ1n) is 4.72. The zero-order valence-corrected chi connectivity index (χ0v) is 10.0.